The zero-order valence-corrected chi connectivity index (χ0v) is 16.7. The minimum absolute atomic E-state index is 0.105. The predicted molar refractivity (Wildman–Crippen MR) is 108 cm³/mol. The van der Waals surface area contributed by atoms with Crippen LogP contribution in [0, 0.1) is 5.41 Å². The van der Waals surface area contributed by atoms with Crippen molar-refractivity contribution in [3.63, 3.8) is 0 Å². The summed E-state index contributed by atoms with van der Waals surface area (Å²) < 4.78 is 0. The third-order valence-corrected chi connectivity index (χ3v) is 8.19. The number of fused-ring (bicyclic) bond motifs is 2. The van der Waals surface area contributed by atoms with Crippen LogP contribution in [0.15, 0.2) is 24.3 Å². The molecule has 3 heterocycles. The second-order valence-electron chi connectivity index (χ2n) is 9.65. The summed E-state index contributed by atoms with van der Waals surface area (Å²) in [6.45, 7) is 5.19. The number of nitrogens with one attached hydrogen (secondary N) is 1. The molecule has 5 rings (SSSR count). The SMILES string of the molecule is CN1CC2(CCNCC2)CC1C(=O)N1CCC2(CCc3ccccc32)CC1. The number of hydrogen-bond acceptors (Lipinski definition) is 3. The maximum absolute atomic E-state index is 13.4. The van der Waals surface area contributed by atoms with Crippen molar-refractivity contribution in [2.45, 2.75) is 56.4 Å². The van der Waals surface area contributed by atoms with Crippen LogP contribution in [0.4, 0.5) is 0 Å². The first kappa shape index (κ1) is 17.7. The van der Waals surface area contributed by atoms with E-state index in [1.807, 2.05) is 0 Å². The van der Waals surface area contributed by atoms with Gasteiger partial charge in [0.1, 0.15) is 0 Å². The lowest BCUT2D eigenvalue weighted by Gasteiger charge is -2.41. The van der Waals surface area contributed by atoms with Crippen molar-refractivity contribution in [2.24, 2.45) is 5.41 Å². The molecule has 1 unspecified atom stereocenters. The molecule has 3 fully saturated rings. The minimum Gasteiger partial charge on any atom is -0.341 e. The molecule has 2 spiro atoms. The maximum Gasteiger partial charge on any atom is 0.239 e. The number of aryl methyl sites for hydroxylation is 1. The Balaban J connectivity index is 1.26. The van der Waals surface area contributed by atoms with Gasteiger partial charge in [-0.3, -0.25) is 9.69 Å². The average Bonchev–Trinajstić information content (AvgIpc) is 3.21. The molecule has 0 aromatic heterocycles. The molecule has 0 saturated carbocycles. The molecule has 3 aliphatic heterocycles. The molecule has 4 heteroatoms. The molecule has 4 aliphatic rings. The van der Waals surface area contributed by atoms with Crippen LogP contribution in [0.1, 0.15) is 49.7 Å². The number of amides is 1. The number of hydrogen-bond donors (Lipinski definition) is 1. The van der Waals surface area contributed by atoms with Crippen LogP contribution in [0.5, 0.6) is 0 Å². The first-order valence-corrected chi connectivity index (χ1v) is 10.9. The van der Waals surface area contributed by atoms with Gasteiger partial charge in [0, 0.05) is 19.6 Å². The highest BCUT2D eigenvalue weighted by Gasteiger charge is 2.48. The van der Waals surface area contributed by atoms with Gasteiger partial charge in [0.25, 0.3) is 0 Å². The molecule has 146 valence electrons. The molecule has 1 aromatic carbocycles. The lowest BCUT2D eigenvalue weighted by Crippen LogP contribution is -2.50. The zero-order valence-electron chi connectivity index (χ0n) is 16.7. The Bertz CT molecular complexity index is 716. The van der Waals surface area contributed by atoms with Crippen molar-refractivity contribution in [1.82, 2.24) is 15.1 Å². The Morgan fingerprint density at radius 1 is 1.07 bits per heavy atom. The van der Waals surface area contributed by atoms with Crippen molar-refractivity contribution in [3.8, 4) is 0 Å². The average molecular weight is 368 g/mol. The number of carbonyl (C=O) groups excluding carboxylic acids is 1. The second-order valence-corrected chi connectivity index (χ2v) is 9.65. The summed E-state index contributed by atoms with van der Waals surface area (Å²) in [4.78, 5) is 17.9. The Kier molecular flexibility index (Phi) is 4.32. The van der Waals surface area contributed by atoms with Crippen LogP contribution in [0.2, 0.25) is 0 Å². The molecule has 1 amide bonds. The Hall–Kier alpha value is -1.39. The van der Waals surface area contributed by atoms with Crippen molar-refractivity contribution in [3.05, 3.63) is 35.4 Å². The monoisotopic (exact) mass is 367 g/mol. The molecule has 27 heavy (non-hydrogen) atoms. The predicted octanol–water partition coefficient (Wildman–Crippen LogP) is 2.57. The van der Waals surface area contributed by atoms with Crippen molar-refractivity contribution >= 4 is 5.91 Å². The van der Waals surface area contributed by atoms with Crippen LogP contribution in [-0.2, 0) is 16.6 Å². The molecular weight excluding hydrogens is 334 g/mol. The third-order valence-electron chi connectivity index (χ3n) is 8.19. The number of piperidine rings is 2. The summed E-state index contributed by atoms with van der Waals surface area (Å²) in [5.74, 6) is 0.397. The van der Waals surface area contributed by atoms with Crippen LogP contribution in [-0.4, -0.2) is 61.5 Å². The molecule has 0 radical (unpaired) electrons. The van der Waals surface area contributed by atoms with Crippen LogP contribution < -0.4 is 5.32 Å². The Morgan fingerprint density at radius 2 is 1.81 bits per heavy atom. The fraction of sp³-hybridized carbons (Fsp3) is 0.696. The van der Waals surface area contributed by atoms with E-state index in [4.69, 9.17) is 0 Å². The van der Waals surface area contributed by atoms with E-state index in [2.05, 4.69) is 46.4 Å². The van der Waals surface area contributed by atoms with E-state index in [1.165, 1.54) is 25.7 Å². The first-order chi connectivity index (χ1) is 13.1. The lowest BCUT2D eigenvalue weighted by atomic mass is 9.73. The van der Waals surface area contributed by atoms with E-state index in [-0.39, 0.29) is 6.04 Å². The van der Waals surface area contributed by atoms with Gasteiger partial charge in [-0.05, 0) is 87.0 Å². The molecule has 1 aliphatic carbocycles. The van der Waals surface area contributed by atoms with E-state index in [0.29, 0.717) is 16.7 Å². The van der Waals surface area contributed by atoms with Gasteiger partial charge in [-0.1, -0.05) is 24.3 Å². The smallest absolute Gasteiger partial charge is 0.239 e. The number of rotatable bonds is 1. The van der Waals surface area contributed by atoms with E-state index < -0.39 is 0 Å². The number of benzene rings is 1. The topological polar surface area (TPSA) is 35.6 Å². The fourth-order valence-corrected chi connectivity index (χ4v) is 6.51. The summed E-state index contributed by atoms with van der Waals surface area (Å²) >= 11 is 0. The quantitative estimate of drug-likeness (QED) is 0.829. The van der Waals surface area contributed by atoms with Crippen LogP contribution in [0.3, 0.4) is 0 Å². The molecule has 1 aromatic rings. The van der Waals surface area contributed by atoms with E-state index in [1.54, 1.807) is 11.1 Å². The largest absolute Gasteiger partial charge is 0.341 e. The zero-order chi connectivity index (χ0) is 18.5. The number of carbonyl (C=O) groups is 1. The summed E-state index contributed by atoms with van der Waals surface area (Å²) in [5, 5.41) is 3.48. The summed E-state index contributed by atoms with van der Waals surface area (Å²) in [7, 11) is 2.16. The molecule has 1 N–H and O–H groups in total. The van der Waals surface area contributed by atoms with E-state index in [0.717, 1.165) is 52.0 Å². The third kappa shape index (κ3) is 2.92. The standard InChI is InChI=1S/C23H33N3O/c1-25-17-22(8-12-24-13-9-22)16-20(25)21(27)26-14-10-23(11-15-26)7-6-18-4-2-3-5-19(18)23/h2-5,20,24H,6-17H2,1H3. The van der Waals surface area contributed by atoms with E-state index >= 15 is 0 Å². The van der Waals surface area contributed by atoms with Gasteiger partial charge in [0.05, 0.1) is 6.04 Å². The highest BCUT2D eigenvalue weighted by molar-refractivity contribution is 5.82. The number of nitrogens with zero attached hydrogens (tertiary/aromatic N) is 2. The highest BCUT2D eigenvalue weighted by atomic mass is 16.2. The highest BCUT2D eigenvalue weighted by Crippen LogP contribution is 2.47. The Morgan fingerprint density at radius 3 is 2.59 bits per heavy atom. The lowest BCUT2D eigenvalue weighted by molar-refractivity contribution is -0.137. The number of likely N-dealkylation sites (tertiary alicyclic amines) is 2. The van der Waals surface area contributed by atoms with Crippen LogP contribution >= 0.6 is 0 Å². The summed E-state index contributed by atoms with van der Waals surface area (Å²) in [6.07, 6.45) is 8.28. The summed E-state index contributed by atoms with van der Waals surface area (Å²) in [5.41, 5.74) is 3.83. The van der Waals surface area contributed by atoms with Gasteiger partial charge in [-0.15, -0.1) is 0 Å². The Labute approximate surface area is 163 Å². The van der Waals surface area contributed by atoms with Gasteiger partial charge in [0.2, 0.25) is 5.91 Å². The van der Waals surface area contributed by atoms with Crippen molar-refractivity contribution < 1.29 is 4.79 Å². The molecular formula is C23H33N3O. The van der Waals surface area contributed by atoms with Gasteiger partial charge in [-0.2, -0.15) is 0 Å². The molecule has 0 bridgehead atoms. The normalized spacial score (nSPS) is 29.4. The van der Waals surface area contributed by atoms with Crippen molar-refractivity contribution in [2.75, 3.05) is 39.8 Å². The van der Waals surface area contributed by atoms with Crippen molar-refractivity contribution in [1.29, 1.82) is 0 Å². The summed E-state index contributed by atoms with van der Waals surface area (Å²) in [6, 6.07) is 9.10. The van der Waals surface area contributed by atoms with Gasteiger partial charge in [-0.25, -0.2) is 0 Å². The minimum atomic E-state index is 0.105. The molecule has 3 saturated heterocycles. The van der Waals surface area contributed by atoms with Gasteiger partial charge < -0.3 is 10.2 Å². The molecule has 1 atom stereocenters. The van der Waals surface area contributed by atoms with E-state index in [9.17, 15) is 4.79 Å². The van der Waals surface area contributed by atoms with Crippen LogP contribution in [0.25, 0.3) is 0 Å². The first-order valence-electron chi connectivity index (χ1n) is 10.9. The maximum atomic E-state index is 13.4. The fourth-order valence-electron chi connectivity index (χ4n) is 6.51. The number of likely N-dealkylation sites (N-methyl/N-ethyl adjacent to an activating group) is 1. The van der Waals surface area contributed by atoms with Gasteiger partial charge >= 0.3 is 0 Å². The molecule has 4 nitrogen and oxygen atoms in total. The second kappa shape index (κ2) is 6.59. The van der Waals surface area contributed by atoms with Gasteiger partial charge in [0.15, 0.2) is 0 Å².